The Kier molecular flexibility index (Phi) is 3.66. The largest absolute Gasteiger partial charge is 0.399 e. The number of benzene rings is 1. The molecule has 1 aromatic carbocycles. The van der Waals surface area contributed by atoms with Crippen LogP contribution in [0.4, 0.5) is 11.6 Å². The van der Waals surface area contributed by atoms with Gasteiger partial charge in [-0.25, -0.2) is 0 Å². The Morgan fingerprint density at radius 2 is 2.00 bits per heavy atom. The van der Waals surface area contributed by atoms with Crippen molar-refractivity contribution in [1.29, 1.82) is 0 Å². The van der Waals surface area contributed by atoms with E-state index in [2.05, 4.69) is 10.5 Å². The van der Waals surface area contributed by atoms with Crippen LogP contribution in [0.2, 0.25) is 0 Å². The van der Waals surface area contributed by atoms with Crippen LogP contribution in [-0.2, 0) is 4.79 Å². The second kappa shape index (κ2) is 5.39. The summed E-state index contributed by atoms with van der Waals surface area (Å²) >= 11 is 0. The van der Waals surface area contributed by atoms with Gasteiger partial charge in [0.15, 0.2) is 0 Å². The first-order valence-corrected chi connectivity index (χ1v) is 5.84. The Labute approximate surface area is 111 Å². The number of hydrogen-bond donors (Lipinski definition) is 2. The zero-order chi connectivity index (χ0) is 13.8. The number of nitrogens with one attached hydrogen (secondary N) is 1. The fraction of sp³-hybridized carbons (Fsp3) is 0.143. The minimum Gasteiger partial charge on any atom is -0.399 e. The fourth-order valence-corrected chi connectivity index (χ4v) is 1.46. The van der Waals surface area contributed by atoms with Gasteiger partial charge in [0.25, 0.3) is 5.91 Å². The Morgan fingerprint density at radius 1 is 1.32 bits per heavy atom. The number of hydrogen-bond acceptors (Lipinski definition) is 4. The van der Waals surface area contributed by atoms with Crippen molar-refractivity contribution in [3.63, 3.8) is 0 Å². The molecule has 0 fully saturated rings. The lowest BCUT2D eigenvalue weighted by molar-refractivity contribution is -0.112. The molecule has 0 bridgehead atoms. The molecule has 1 heterocycles. The Balaban J connectivity index is 2.01. The first kappa shape index (κ1) is 12.9. The van der Waals surface area contributed by atoms with Crippen LogP contribution in [0.1, 0.15) is 16.8 Å². The number of nitrogen functional groups attached to an aromatic ring is 1. The Bertz CT molecular complexity index is 612. The summed E-state index contributed by atoms with van der Waals surface area (Å²) in [4.78, 5) is 11.7. The lowest BCUT2D eigenvalue weighted by atomic mass is 10.2. The van der Waals surface area contributed by atoms with E-state index in [1.165, 1.54) is 6.08 Å². The van der Waals surface area contributed by atoms with Gasteiger partial charge in [-0.1, -0.05) is 17.3 Å². The maximum absolute atomic E-state index is 11.7. The number of anilines is 2. The molecule has 0 saturated heterocycles. The predicted molar refractivity (Wildman–Crippen MR) is 74.5 cm³/mol. The van der Waals surface area contributed by atoms with Crippen molar-refractivity contribution in [3.8, 4) is 0 Å². The summed E-state index contributed by atoms with van der Waals surface area (Å²) in [5.74, 6) is 0.112. The van der Waals surface area contributed by atoms with Gasteiger partial charge in [-0.05, 0) is 37.6 Å². The van der Waals surface area contributed by atoms with Crippen molar-refractivity contribution >= 4 is 23.6 Å². The standard InChI is InChI=1S/C14H15N3O2/c1-9-10(2)17-19-14(9)16-13(18)8-5-11-3-6-12(15)7-4-11/h3-8H,15H2,1-2H3,(H,16,18)/b8-5+. The van der Waals surface area contributed by atoms with Gasteiger partial charge >= 0.3 is 0 Å². The summed E-state index contributed by atoms with van der Waals surface area (Å²) in [6.45, 7) is 3.66. The van der Waals surface area contributed by atoms with Crippen molar-refractivity contribution in [3.05, 3.63) is 47.2 Å². The van der Waals surface area contributed by atoms with Gasteiger partial charge in [-0.2, -0.15) is 0 Å². The molecule has 5 heteroatoms. The van der Waals surface area contributed by atoms with E-state index < -0.39 is 0 Å². The second-order valence-corrected chi connectivity index (χ2v) is 4.21. The predicted octanol–water partition coefficient (Wildman–Crippen LogP) is 2.53. The number of aromatic nitrogens is 1. The van der Waals surface area contributed by atoms with E-state index in [1.54, 1.807) is 18.2 Å². The fourth-order valence-electron chi connectivity index (χ4n) is 1.46. The quantitative estimate of drug-likeness (QED) is 0.654. The van der Waals surface area contributed by atoms with Gasteiger partial charge in [0.2, 0.25) is 5.88 Å². The molecule has 0 spiro atoms. The molecule has 98 valence electrons. The van der Waals surface area contributed by atoms with Crippen molar-refractivity contribution in [1.82, 2.24) is 5.16 Å². The summed E-state index contributed by atoms with van der Waals surface area (Å²) in [7, 11) is 0. The third kappa shape index (κ3) is 3.22. The van der Waals surface area contributed by atoms with E-state index in [-0.39, 0.29) is 5.91 Å². The van der Waals surface area contributed by atoms with Crippen molar-refractivity contribution in [2.75, 3.05) is 11.1 Å². The van der Waals surface area contributed by atoms with Gasteiger partial charge < -0.3 is 10.3 Å². The van der Waals surface area contributed by atoms with Crippen LogP contribution in [0.3, 0.4) is 0 Å². The summed E-state index contributed by atoms with van der Waals surface area (Å²) in [6, 6.07) is 7.23. The molecule has 3 N–H and O–H groups in total. The van der Waals surface area contributed by atoms with E-state index in [0.29, 0.717) is 11.6 Å². The summed E-state index contributed by atoms with van der Waals surface area (Å²) in [5.41, 5.74) is 8.76. The van der Waals surface area contributed by atoms with Crippen LogP contribution >= 0.6 is 0 Å². The SMILES string of the molecule is Cc1noc(NC(=O)/C=C/c2ccc(N)cc2)c1C. The number of nitrogens with zero attached hydrogens (tertiary/aromatic N) is 1. The number of carbonyl (C=O) groups is 1. The van der Waals surface area contributed by atoms with Crippen LogP contribution < -0.4 is 11.1 Å². The van der Waals surface area contributed by atoms with Crippen molar-refractivity contribution in [2.24, 2.45) is 0 Å². The average Bonchev–Trinajstić information content (AvgIpc) is 2.70. The van der Waals surface area contributed by atoms with Gasteiger partial charge in [0.1, 0.15) is 0 Å². The van der Waals surface area contributed by atoms with Crippen LogP contribution in [0.5, 0.6) is 0 Å². The lowest BCUT2D eigenvalue weighted by Gasteiger charge is -1.98. The monoisotopic (exact) mass is 257 g/mol. The number of nitrogens with two attached hydrogens (primary N) is 1. The minimum atomic E-state index is -0.268. The first-order chi connectivity index (χ1) is 9.06. The van der Waals surface area contributed by atoms with Crippen LogP contribution in [-0.4, -0.2) is 11.1 Å². The Hall–Kier alpha value is -2.56. The van der Waals surface area contributed by atoms with E-state index in [0.717, 1.165) is 16.8 Å². The van der Waals surface area contributed by atoms with Gasteiger partial charge in [-0.3, -0.25) is 10.1 Å². The molecule has 1 aromatic heterocycles. The highest BCUT2D eigenvalue weighted by atomic mass is 16.5. The highest BCUT2D eigenvalue weighted by molar-refractivity contribution is 6.01. The maximum atomic E-state index is 11.7. The average molecular weight is 257 g/mol. The van der Waals surface area contributed by atoms with E-state index in [1.807, 2.05) is 26.0 Å². The van der Waals surface area contributed by atoms with Gasteiger partial charge in [0.05, 0.1) is 5.69 Å². The topological polar surface area (TPSA) is 81.2 Å². The molecule has 0 radical (unpaired) electrons. The molecule has 0 unspecified atom stereocenters. The summed E-state index contributed by atoms with van der Waals surface area (Å²) < 4.78 is 5.00. The molecular formula is C14H15N3O2. The minimum absolute atomic E-state index is 0.268. The van der Waals surface area contributed by atoms with E-state index >= 15 is 0 Å². The third-order valence-electron chi connectivity index (χ3n) is 2.76. The van der Waals surface area contributed by atoms with Crippen LogP contribution in [0, 0.1) is 13.8 Å². The maximum Gasteiger partial charge on any atom is 0.250 e. The van der Waals surface area contributed by atoms with Crippen molar-refractivity contribution < 1.29 is 9.32 Å². The van der Waals surface area contributed by atoms with E-state index in [4.69, 9.17) is 10.3 Å². The number of carbonyl (C=O) groups excluding carboxylic acids is 1. The molecule has 2 rings (SSSR count). The smallest absolute Gasteiger partial charge is 0.250 e. The molecule has 0 aliphatic carbocycles. The second-order valence-electron chi connectivity index (χ2n) is 4.21. The van der Waals surface area contributed by atoms with Gasteiger partial charge in [-0.15, -0.1) is 0 Å². The molecule has 2 aromatic rings. The van der Waals surface area contributed by atoms with E-state index in [9.17, 15) is 4.79 Å². The molecular weight excluding hydrogens is 242 g/mol. The number of amides is 1. The molecule has 0 aliphatic rings. The molecule has 0 saturated carbocycles. The molecule has 19 heavy (non-hydrogen) atoms. The molecule has 1 amide bonds. The summed E-state index contributed by atoms with van der Waals surface area (Å²) in [5, 5.41) is 6.40. The zero-order valence-corrected chi connectivity index (χ0v) is 10.8. The highest BCUT2D eigenvalue weighted by Gasteiger charge is 2.09. The van der Waals surface area contributed by atoms with Gasteiger partial charge in [0, 0.05) is 17.3 Å². The first-order valence-electron chi connectivity index (χ1n) is 5.84. The van der Waals surface area contributed by atoms with Crippen molar-refractivity contribution in [2.45, 2.75) is 13.8 Å². The Morgan fingerprint density at radius 3 is 2.58 bits per heavy atom. The van der Waals surface area contributed by atoms with Crippen LogP contribution in [0.15, 0.2) is 34.9 Å². The molecule has 0 aliphatic heterocycles. The zero-order valence-electron chi connectivity index (χ0n) is 10.8. The molecule has 0 atom stereocenters. The third-order valence-corrected chi connectivity index (χ3v) is 2.76. The van der Waals surface area contributed by atoms with Crippen LogP contribution in [0.25, 0.3) is 6.08 Å². The molecule has 5 nitrogen and oxygen atoms in total. The lowest BCUT2D eigenvalue weighted by Crippen LogP contribution is -2.07. The highest BCUT2D eigenvalue weighted by Crippen LogP contribution is 2.17. The normalized spacial score (nSPS) is 10.8. The number of aryl methyl sites for hydroxylation is 1. The number of rotatable bonds is 3. The summed E-state index contributed by atoms with van der Waals surface area (Å²) in [6.07, 6.45) is 3.14.